The fourth-order valence-corrected chi connectivity index (χ4v) is 5.50. The molecule has 1 atom stereocenters. The van der Waals surface area contributed by atoms with Crippen LogP contribution in [0.5, 0.6) is 0 Å². The SMILES string of the molecule is O=C(C1=CCCCC1)N(Cc1cccnc1)CC1CCCN(C2CCCCC2)C1. The van der Waals surface area contributed by atoms with Crippen LogP contribution in [0.25, 0.3) is 0 Å². The lowest BCUT2D eigenvalue weighted by molar-refractivity contribution is -0.129. The van der Waals surface area contributed by atoms with Gasteiger partial charge in [-0.1, -0.05) is 31.4 Å². The number of aromatic nitrogens is 1. The van der Waals surface area contributed by atoms with Crippen molar-refractivity contribution < 1.29 is 4.79 Å². The summed E-state index contributed by atoms with van der Waals surface area (Å²) in [6.07, 6.45) is 19.8. The van der Waals surface area contributed by atoms with Crippen LogP contribution < -0.4 is 0 Å². The molecule has 4 nitrogen and oxygen atoms in total. The monoisotopic (exact) mass is 395 g/mol. The van der Waals surface area contributed by atoms with Crippen LogP contribution in [-0.2, 0) is 11.3 Å². The molecule has 1 aliphatic heterocycles. The number of rotatable bonds is 6. The van der Waals surface area contributed by atoms with Gasteiger partial charge >= 0.3 is 0 Å². The van der Waals surface area contributed by atoms with Gasteiger partial charge < -0.3 is 9.80 Å². The molecule has 2 fully saturated rings. The van der Waals surface area contributed by atoms with Crippen LogP contribution in [0.2, 0.25) is 0 Å². The molecule has 1 amide bonds. The Bertz CT molecular complexity index is 681. The third-order valence-electron chi connectivity index (χ3n) is 7.07. The van der Waals surface area contributed by atoms with Crippen molar-refractivity contribution >= 4 is 5.91 Å². The van der Waals surface area contributed by atoms with Crippen molar-refractivity contribution in [3.05, 3.63) is 41.7 Å². The maximum Gasteiger partial charge on any atom is 0.249 e. The molecule has 1 aromatic heterocycles. The smallest absolute Gasteiger partial charge is 0.249 e. The van der Waals surface area contributed by atoms with Crippen LogP contribution in [0.15, 0.2) is 36.2 Å². The highest BCUT2D eigenvalue weighted by atomic mass is 16.2. The first-order valence-corrected chi connectivity index (χ1v) is 11.9. The molecular weight excluding hydrogens is 358 g/mol. The van der Waals surface area contributed by atoms with E-state index in [2.05, 4.69) is 26.9 Å². The standard InChI is InChI=1S/C25H37N3O/c29-25(23-11-3-1-4-12-23)28(18-21-9-7-15-26-17-21)20-22-10-8-16-27(19-22)24-13-5-2-6-14-24/h7,9,11,15,17,22,24H,1-6,8,10,12-14,16,18-20H2. The molecule has 2 heterocycles. The number of hydrogen-bond donors (Lipinski definition) is 0. The van der Waals surface area contributed by atoms with Gasteiger partial charge in [0.15, 0.2) is 0 Å². The van der Waals surface area contributed by atoms with Crippen molar-refractivity contribution in [2.75, 3.05) is 19.6 Å². The number of amides is 1. The number of carbonyl (C=O) groups is 1. The second kappa shape index (κ2) is 10.4. The highest BCUT2D eigenvalue weighted by Crippen LogP contribution is 2.28. The van der Waals surface area contributed by atoms with Crippen molar-refractivity contribution in [1.29, 1.82) is 0 Å². The Kier molecular flexibility index (Phi) is 7.37. The number of piperidine rings is 1. The van der Waals surface area contributed by atoms with Gasteiger partial charge in [-0.15, -0.1) is 0 Å². The molecule has 1 saturated carbocycles. The zero-order chi connectivity index (χ0) is 19.9. The van der Waals surface area contributed by atoms with Crippen LogP contribution in [0.3, 0.4) is 0 Å². The number of allylic oxidation sites excluding steroid dienone is 1. The van der Waals surface area contributed by atoms with E-state index in [1.54, 1.807) is 0 Å². The van der Waals surface area contributed by atoms with Gasteiger partial charge in [0, 0.05) is 43.6 Å². The van der Waals surface area contributed by atoms with Crippen molar-refractivity contribution in [1.82, 2.24) is 14.8 Å². The molecule has 0 N–H and O–H groups in total. The molecule has 3 aliphatic rings. The Morgan fingerprint density at radius 2 is 2.00 bits per heavy atom. The van der Waals surface area contributed by atoms with Crippen LogP contribution in [0, 0.1) is 5.92 Å². The zero-order valence-electron chi connectivity index (χ0n) is 17.9. The van der Waals surface area contributed by atoms with Crippen molar-refractivity contribution in [2.45, 2.75) is 83.2 Å². The lowest BCUT2D eigenvalue weighted by atomic mass is 9.89. The molecule has 4 heteroatoms. The molecule has 0 spiro atoms. The Morgan fingerprint density at radius 1 is 1.10 bits per heavy atom. The van der Waals surface area contributed by atoms with E-state index >= 15 is 0 Å². The average molecular weight is 396 g/mol. The summed E-state index contributed by atoms with van der Waals surface area (Å²) in [5.41, 5.74) is 2.18. The molecule has 4 rings (SSSR count). The average Bonchev–Trinajstić information content (AvgIpc) is 2.80. The van der Waals surface area contributed by atoms with Gasteiger partial charge in [-0.2, -0.15) is 0 Å². The lowest BCUT2D eigenvalue weighted by Gasteiger charge is -2.41. The highest BCUT2D eigenvalue weighted by Gasteiger charge is 2.29. The van der Waals surface area contributed by atoms with E-state index in [0.717, 1.165) is 43.0 Å². The summed E-state index contributed by atoms with van der Waals surface area (Å²) in [7, 11) is 0. The molecule has 1 aromatic rings. The molecule has 0 bridgehead atoms. The van der Waals surface area contributed by atoms with Gasteiger partial charge in [0.05, 0.1) is 0 Å². The first kappa shape index (κ1) is 20.6. The van der Waals surface area contributed by atoms with Gasteiger partial charge in [0.1, 0.15) is 0 Å². The first-order chi connectivity index (χ1) is 14.3. The number of carbonyl (C=O) groups excluding carboxylic acids is 1. The van der Waals surface area contributed by atoms with E-state index < -0.39 is 0 Å². The number of likely N-dealkylation sites (tertiary alicyclic amines) is 1. The zero-order valence-corrected chi connectivity index (χ0v) is 17.9. The highest BCUT2D eigenvalue weighted by molar-refractivity contribution is 5.93. The molecular formula is C25H37N3O. The second-order valence-corrected chi connectivity index (χ2v) is 9.32. The van der Waals surface area contributed by atoms with Crippen molar-refractivity contribution in [2.24, 2.45) is 5.92 Å². The summed E-state index contributed by atoms with van der Waals surface area (Å²) < 4.78 is 0. The Hall–Kier alpha value is -1.68. The van der Waals surface area contributed by atoms with Crippen LogP contribution in [-0.4, -0.2) is 46.4 Å². The minimum absolute atomic E-state index is 0.267. The van der Waals surface area contributed by atoms with Crippen LogP contribution >= 0.6 is 0 Å². The minimum atomic E-state index is 0.267. The van der Waals surface area contributed by atoms with Gasteiger partial charge in [-0.25, -0.2) is 0 Å². The summed E-state index contributed by atoms with van der Waals surface area (Å²) in [6, 6.07) is 4.86. The van der Waals surface area contributed by atoms with Crippen molar-refractivity contribution in [3.63, 3.8) is 0 Å². The normalized spacial score (nSPS) is 24.1. The van der Waals surface area contributed by atoms with Crippen molar-refractivity contribution in [3.8, 4) is 0 Å². The van der Waals surface area contributed by atoms with E-state index in [0.29, 0.717) is 12.5 Å². The van der Waals surface area contributed by atoms with E-state index in [1.807, 2.05) is 18.5 Å². The fourth-order valence-electron chi connectivity index (χ4n) is 5.50. The summed E-state index contributed by atoms with van der Waals surface area (Å²) in [6.45, 7) is 3.99. The number of nitrogens with zero attached hydrogens (tertiary/aromatic N) is 3. The molecule has 0 aromatic carbocycles. The van der Waals surface area contributed by atoms with Crippen LogP contribution in [0.1, 0.15) is 76.2 Å². The minimum Gasteiger partial charge on any atom is -0.334 e. The molecule has 2 aliphatic carbocycles. The van der Waals surface area contributed by atoms with E-state index in [4.69, 9.17) is 0 Å². The Labute approximate surface area is 176 Å². The van der Waals surface area contributed by atoms with Gasteiger partial charge in [0.25, 0.3) is 0 Å². The number of pyridine rings is 1. The van der Waals surface area contributed by atoms with Gasteiger partial charge in [-0.3, -0.25) is 9.78 Å². The molecule has 0 radical (unpaired) electrons. The summed E-state index contributed by atoms with van der Waals surface area (Å²) in [5, 5.41) is 0. The van der Waals surface area contributed by atoms with E-state index in [-0.39, 0.29) is 5.91 Å². The van der Waals surface area contributed by atoms with Gasteiger partial charge in [-0.05, 0) is 75.5 Å². The third kappa shape index (κ3) is 5.69. The van der Waals surface area contributed by atoms with Gasteiger partial charge in [0.2, 0.25) is 5.91 Å². The molecule has 29 heavy (non-hydrogen) atoms. The first-order valence-electron chi connectivity index (χ1n) is 11.9. The lowest BCUT2D eigenvalue weighted by Crippen LogP contribution is -2.47. The third-order valence-corrected chi connectivity index (χ3v) is 7.07. The summed E-state index contributed by atoms with van der Waals surface area (Å²) in [5.74, 6) is 0.860. The summed E-state index contributed by atoms with van der Waals surface area (Å²) >= 11 is 0. The maximum absolute atomic E-state index is 13.4. The topological polar surface area (TPSA) is 36.4 Å². The van der Waals surface area contributed by atoms with E-state index in [1.165, 1.54) is 64.5 Å². The van der Waals surface area contributed by atoms with E-state index in [9.17, 15) is 4.79 Å². The predicted octanol–water partition coefficient (Wildman–Crippen LogP) is 4.96. The molecule has 1 unspecified atom stereocenters. The van der Waals surface area contributed by atoms with Crippen LogP contribution in [0.4, 0.5) is 0 Å². The predicted molar refractivity (Wildman–Crippen MR) is 117 cm³/mol. The number of hydrogen-bond acceptors (Lipinski definition) is 3. The quantitative estimate of drug-likeness (QED) is 0.683. The maximum atomic E-state index is 13.4. The largest absolute Gasteiger partial charge is 0.334 e. The summed E-state index contributed by atoms with van der Waals surface area (Å²) in [4.78, 5) is 22.5. The molecule has 1 saturated heterocycles. The Balaban J connectivity index is 1.43. The fraction of sp³-hybridized carbons (Fsp3) is 0.680. The molecule has 158 valence electrons. The Morgan fingerprint density at radius 3 is 2.76 bits per heavy atom. The second-order valence-electron chi connectivity index (χ2n) is 9.32.